The van der Waals surface area contributed by atoms with Gasteiger partial charge in [-0.25, -0.2) is 0 Å². The third-order valence-electron chi connectivity index (χ3n) is 2.66. The third kappa shape index (κ3) is 2.24. The van der Waals surface area contributed by atoms with E-state index >= 15 is 0 Å². The molecule has 0 unspecified atom stereocenters. The summed E-state index contributed by atoms with van der Waals surface area (Å²) in [7, 11) is 0. The number of hydrogen-bond donors (Lipinski definition) is 0. The molecule has 0 atom stereocenters. The van der Waals surface area contributed by atoms with Crippen LogP contribution in [0.5, 0.6) is 0 Å². The van der Waals surface area contributed by atoms with E-state index in [1.165, 1.54) is 25.4 Å². The molecule has 0 radical (unpaired) electrons. The molecule has 84 valence electrons. The van der Waals surface area contributed by atoms with Crippen LogP contribution in [0.25, 0.3) is 10.1 Å². The summed E-state index contributed by atoms with van der Waals surface area (Å²) in [6.45, 7) is 2.13. The Morgan fingerprint density at radius 2 is 1.88 bits per heavy atom. The Hall–Kier alpha value is -1.25. The van der Waals surface area contributed by atoms with Gasteiger partial charge >= 0.3 is 0 Å². The Kier molecular flexibility index (Phi) is 2.91. The quantitative estimate of drug-likeness (QED) is 0.594. The molecule has 2 heteroatoms. The van der Waals surface area contributed by atoms with Crippen LogP contribution in [0.1, 0.15) is 5.56 Å². The zero-order chi connectivity index (χ0) is 11.7. The molecule has 0 saturated heterocycles. The second kappa shape index (κ2) is 4.55. The predicted molar refractivity (Wildman–Crippen MR) is 77.1 cm³/mol. The average molecular weight is 256 g/mol. The second-order valence-corrected chi connectivity index (χ2v) is 6.04. The van der Waals surface area contributed by atoms with Crippen LogP contribution in [0, 0.1) is 6.92 Å². The Morgan fingerprint density at radius 1 is 1.00 bits per heavy atom. The summed E-state index contributed by atoms with van der Waals surface area (Å²) in [6, 6.07) is 17.2. The minimum absolute atomic E-state index is 1.31. The highest BCUT2D eigenvalue weighted by Gasteiger charge is 2.04. The highest BCUT2D eigenvalue weighted by atomic mass is 32.2. The van der Waals surface area contributed by atoms with Crippen molar-refractivity contribution in [3.8, 4) is 0 Å². The van der Waals surface area contributed by atoms with Gasteiger partial charge in [-0.15, -0.1) is 11.3 Å². The molecule has 2 aromatic carbocycles. The van der Waals surface area contributed by atoms with E-state index in [-0.39, 0.29) is 0 Å². The summed E-state index contributed by atoms with van der Waals surface area (Å²) in [5.41, 5.74) is 1.31. The van der Waals surface area contributed by atoms with Crippen molar-refractivity contribution in [2.45, 2.75) is 16.7 Å². The Balaban J connectivity index is 2.00. The van der Waals surface area contributed by atoms with Crippen molar-refractivity contribution in [3.63, 3.8) is 0 Å². The van der Waals surface area contributed by atoms with Crippen molar-refractivity contribution >= 4 is 33.2 Å². The fourth-order valence-corrected chi connectivity index (χ4v) is 4.00. The van der Waals surface area contributed by atoms with Gasteiger partial charge in [0.15, 0.2) is 0 Å². The second-order valence-electron chi connectivity index (χ2n) is 4.01. The maximum absolute atomic E-state index is 2.25. The number of benzene rings is 2. The van der Waals surface area contributed by atoms with Gasteiger partial charge in [0, 0.05) is 25.3 Å². The fourth-order valence-electron chi connectivity index (χ4n) is 1.84. The summed E-state index contributed by atoms with van der Waals surface area (Å²) >= 11 is 3.66. The molecular weight excluding hydrogens is 244 g/mol. The van der Waals surface area contributed by atoms with Crippen LogP contribution in [-0.4, -0.2) is 0 Å². The van der Waals surface area contributed by atoms with Crippen molar-refractivity contribution in [2.75, 3.05) is 0 Å². The molecule has 0 nitrogen and oxygen atoms in total. The molecule has 1 aromatic heterocycles. The molecule has 0 bridgehead atoms. The minimum Gasteiger partial charge on any atom is -0.143 e. The monoisotopic (exact) mass is 256 g/mol. The zero-order valence-electron chi connectivity index (χ0n) is 9.51. The molecule has 0 aliphatic heterocycles. The number of thiophene rings is 1. The van der Waals surface area contributed by atoms with Crippen LogP contribution >= 0.6 is 23.1 Å². The molecule has 0 amide bonds. The standard InChI is InChI=1S/C15H12S2/c1-11-5-4-6-12(9-11)17-15-10-16-14-8-3-2-7-13(14)15/h2-10H,1H3. The largest absolute Gasteiger partial charge is 0.143 e. The molecule has 0 N–H and O–H groups in total. The van der Waals surface area contributed by atoms with Gasteiger partial charge in [-0.05, 0) is 25.1 Å². The number of rotatable bonds is 2. The summed E-state index contributed by atoms with van der Waals surface area (Å²) in [5.74, 6) is 0. The number of fused-ring (bicyclic) bond motifs is 1. The Labute approximate surface area is 109 Å². The third-order valence-corrected chi connectivity index (χ3v) is 4.82. The van der Waals surface area contributed by atoms with Gasteiger partial charge < -0.3 is 0 Å². The van der Waals surface area contributed by atoms with E-state index in [9.17, 15) is 0 Å². The van der Waals surface area contributed by atoms with Crippen molar-refractivity contribution in [1.29, 1.82) is 0 Å². The van der Waals surface area contributed by atoms with Crippen LogP contribution in [0.15, 0.2) is 63.7 Å². The first kappa shape index (κ1) is 10.9. The average Bonchev–Trinajstić information content (AvgIpc) is 2.73. The molecule has 0 saturated carbocycles. The van der Waals surface area contributed by atoms with E-state index in [1.807, 2.05) is 23.1 Å². The molecule has 0 spiro atoms. The van der Waals surface area contributed by atoms with Crippen LogP contribution in [0.3, 0.4) is 0 Å². The molecule has 3 rings (SSSR count). The first-order valence-corrected chi connectivity index (χ1v) is 7.23. The lowest BCUT2D eigenvalue weighted by Crippen LogP contribution is -1.74. The van der Waals surface area contributed by atoms with E-state index in [0.29, 0.717) is 0 Å². The normalized spacial score (nSPS) is 10.9. The number of aryl methyl sites for hydroxylation is 1. The van der Waals surface area contributed by atoms with Crippen molar-refractivity contribution in [3.05, 3.63) is 59.5 Å². The Morgan fingerprint density at radius 3 is 2.76 bits per heavy atom. The van der Waals surface area contributed by atoms with E-state index in [0.717, 1.165) is 0 Å². The van der Waals surface area contributed by atoms with Gasteiger partial charge in [0.25, 0.3) is 0 Å². The van der Waals surface area contributed by atoms with E-state index in [4.69, 9.17) is 0 Å². The summed E-state index contributed by atoms with van der Waals surface area (Å²) in [6.07, 6.45) is 0. The summed E-state index contributed by atoms with van der Waals surface area (Å²) in [5, 5.41) is 3.61. The molecule has 3 aromatic rings. The first-order chi connectivity index (χ1) is 8.33. The van der Waals surface area contributed by atoms with Crippen molar-refractivity contribution in [2.24, 2.45) is 0 Å². The van der Waals surface area contributed by atoms with Crippen LogP contribution < -0.4 is 0 Å². The highest BCUT2D eigenvalue weighted by molar-refractivity contribution is 7.99. The molecule has 0 aliphatic carbocycles. The highest BCUT2D eigenvalue weighted by Crippen LogP contribution is 2.37. The molecule has 1 heterocycles. The van der Waals surface area contributed by atoms with E-state index < -0.39 is 0 Å². The summed E-state index contributed by atoms with van der Waals surface area (Å²) < 4.78 is 1.36. The zero-order valence-corrected chi connectivity index (χ0v) is 11.1. The lowest BCUT2D eigenvalue weighted by Gasteiger charge is -2.01. The minimum atomic E-state index is 1.31. The van der Waals surface area contributed by atoms with Crippen LogP contribution in [0.2, 0.25) is 0 Å². The van der Waals surface area contributed by atoms with Gasteiger partial charge in [0.2, 0.25) is 0 Å². The maximum Gasteiger partial charge on any atom is 0.0354 e. The molecule has 0 fully saturated rings. The van der Waals surface area contributed by atoms with Crippen molar-refractivity contribution in [1.82, 2.24) is 0 Å². The van der Waals surface area contributed by atoms with Gasteiger partial charge in [-0.3, -0.25) is 0 Å². The van der Waals surface area contributed by atoms with Gasteiger partial charge in [0.05, 0.1) is 0 Å². The first-order valence-electron chi connectivity index (χ1n) is 5.54. The van der Waals surface area contributed by atoms with Crippen molar-refractivity contribution < 1.29 is 0 Å². The smallest absolute Gasteiger partial charge is 0.0354 e. The van der Waals surface area contributed by atoms with E-state index in [2.05, 4.69) is 60.8 Å². The predicted octanol–water partition coefficient (Wildman–Crippen LogP) is 5.36. The SMILES string of the molecule is Cc1cccc(Sc2csc3ccccc23)c1. The molecular formula is C15H12S2. The fraction of sp³-hybridized carbons (Fsp3) is 0.0667. The summed E-state index contributed by atoms with van der Waals surface area (Å²) in [4.78, 5) is 2.67. The van der Waals surface area contributed by atoms with Gasteiger partial charge in [-0.2, -0.15) is 0 Å². The Bertz CT molecular complexity index is 653. The van der Waals surface area contributed by atoms with Crippen LogP contribution in [0.4, 0.5) is 0 Å². The van der Waals surface area contributed by atoms with Gasteiger partial charge in [0.1, 0.15) is 0 Å². The molecule has 0 aliphatic rings. The number of hydrogen-bond acceptors (Lipinski definition) is 2. The van der Waals surface area contributed by atoms with Crippen LogP contribution in [-0.2, 0) is 0 Å². The molecule has 17 heavy (non-hydrogen) atoms. The topological polar surface area (TPSA) is 0 Å². The maximum atomic E-state index is 2.25. The van der Waals surface area contributed by atoms with Gasteiger partial charge in [-0.1, -0.05) is 47.7 Å². The lowest BCUT2D eigenvalue weighted by molar-refractivity contribution is 1.36. The lowest BCUT2D eigenvalue weighted by atomic mass is 10.2. The van der Waals surface area contributed by atoms with E-state index in [1.54, 1.807) is 0 Å².